The molecule has 270 valence electrons. The van der Waals surface area contributed by atoms with Crippen LogP contribution in [0.15, 0.2) is 219 Å². The normalized spacial score (nSPS) is 11.2. The van der Waals surface area contributed by atoms with Gasteiger partial charge in [-0.2, -0.15) is 0 Å². The summed E-state index contributed by atoms with van der Waals surface area (Å²) in [5, 5.41) is 2.32. The fourth-order valence-electron chi connectivity index (χ4n) is 7.68. The number of hydrogen-bond acceptors (Lipinski definition) is 5. The molecular weight excluding hydrogens is 697 g/mol. The van der Waals surface area contributed by atoms with Crippen molar-refractivity contribution in [3.63, 3.8) is 0 Å². The van der Waals surface area contributed by atoms with Gasteiger partial charge in [0.15, 0.2) is 5.82 Å². The van der Waals surface area contributed by atoms with Gasteiger partial charge in [0.1, 0.15) is 0 Å². The summed E-state index contributed by atoms with van der Waals surface area (Å²) in [7, 11) is 0. The first kappa shape index (κ1) is 33.7. The number of benzene rings is 7. The maximum atomic E-state index is 4.65. The van der Waals surface area contributed by atoms with Gasteiger partial charge in [0.05, 0.1) is 11.0 Å². The molecule has 0 saturated heterocycles. The Balaban J connectivity index is 1.14. The van der Waals surface area contributed by atoms with Crippen LogP contribution in [-0.4, -0.2) is 19.5 Å². The average Bonchev–Trinajstić information content (AvgIpc) is 3.61. The van der Waals surface area contributed by atoms with E-state index in [0.717, 1.165) is 78.3 Å². The number of fused-ring (bicyclic) bond motifs is 3. The van der Waals surface area contributed by atoms with E-state index >= 15 is 0 Å². The van der Waals surface area contributed by atoms with Gasteiger partial charge >= 0.3 is 0 Å². The zero-order chi connectivity index (χ0) is 38.0. The number of hydrogen-bond donors (Lipinski definition) is 0. The monoisotopic (exact) mass is 732 g/mol. The Hall–Kier alpha value is -7.83. The minimum atomic E-state index is 0.656. The molecule has 6 nitrogen and oxygen atoms in total. The van der Waals surface area contributed by atoms with Gasteiger partial charge < -0.3 is 14.4 Å². The van der Waals surface area contributed by atoms with Crippen LogP contribution in [0.3, 0.4) is 0 Å². The van der Waals surface area contributed by atoms with Gasteiger partial charge in [-0.3, -0.25) is 4.98 Å². The van der Waals surface area contributed by atoms with Gasteiger partial charge in [-0.25, -0.2) is 9.97 Å². The lowest BCUT2D eigenvalue weighted by Gasteiger charge is -2.26. The first-order valence-electron chi connectivity index (χ1n) is 19.0. The number of rotatable bonds is 9. The van der Waals surface area contributed by atoms with Gasteiger partial charge in [-0.15, -0.1) is 0 Å². The second-order valence-electron chi connectivity index (χ2n) is 13.8. The lowest BCUT2D eigenvalue weighted by molar-refractivity contribution is 1.16. The Labute approximate surface area is 331 Å². The third-order valence-corrected chi connectivity index (χ3v) is 10.3. The summed E-state index contributed by atoms with van der Waals surface area (Å²) in [5.74, 6) is 0.656. The molecule has 7 aromatic carbocycles. The van der Waals surface area contributed by atoms with E-state index in [1.165, 1.54) is 0 Å². The maximum absolute atomic E-state index is 4.65. The average molecular weight is 733 g/mol. The van der Waals surface area contributed by atoms with Crippen molar-refractivity contribution in [2.45, 2.75) is 0 Å². The molecule has 0 unspecified atom stereocenters. The van der Waals surface area contributed by atoms with E-state index in [2.05, 4.69) is 211 Å². The van der Waals surface area contributed by atoms with Crippen molar-refractivity contribution in [1.82, 2.24) is 19.5 Å². The molecule has 0 aliphatic heterocycles. The molecule has 3 aromatic heterocycles. The molecule has 10 rings (SSSR count). The molecule has 0 bridgehead atoms. The van der Waals surface area contributed by atoms with Crippen molar-refractivity contribution in [3.05, 3.63) is 219 Å². The highest BCUT2D eigenvalue weighted by Gasteiger charge is 2.20. The molecular formula is C51H36N6. The molecule has 6 heteroatoms. The van der Waals surface area contributed by atoms with Crippen molar-refractivity contribution >= 4 is 55.9 Å². The van der Waals surface area contributed by atoms with Crippen LogP contribution in [-0.2, 0) is 0 Å². The Bertz CT molecular complexity index is 2700. The van der Waals surface area contributed by atoms with Crippen LogP contribution < -0.4 is 9.80 Å². The smallest absolute Gasteiger partial charge is 0.160 e. The van der Waals surface area contributed by atoms with E-state index in [1.807, 2.05) is 24.5 Å². The number of aromatic nitrogens is 4. The highest BCUT2D eigenvalue weighted by Crippen LogP contribution is 2.42. The van der Waals surface area contributed by atoms with E-state index in [0.29, 0.717) is 5.82 Å². The highest BCUT2D eigenvalue weighted by molar-refractivity contribution is 6.12. The first-order chi connectivity index (χ1) is 28.3. The highest BCUT2D eigenvalue weighted by atomic mass is 15.1. The van der Waals surface area contributed by atoms with Crippen molar-refractivity contribution < 1.29 is 0 Å². The lowest BCUT2D eigenvalue weighted by Crippen LogP contribution is -2.09. The molecule has 0 aliphatic carbocycles. The molecule has 0 radical (unpaired) electrons. The van der Waals surface area contributed by atoms with Crippen molar-refractivity contribution in [3.8, 4) is 28.2 Å². The van der Waals surface area contributed by atoms with E-state index in [1.54, 1.807) is 12.4 Å². The fourth-order valence-corrected chi connectivity index (χ4v) is 7.68. The summed E-state index contributed by atoms with van der Waals surface area (Å²) in [6.07, 6.45) is 7.29. The Morgan fingerprint density at radius 1 is 0.351 bits per heavy atom. The van der Waals surface area contributed by atoms with Crippen LogP contribution in [0.5, 0.6) is 0 Å². The summed E-state index contributed by atoms with van der Waals surface area (Å²) in [5.41, 5.74) is 12.7. The minimum Gasteiger partial charge on any atom is -0.310 e. The standard InChI is InChI=1S/C51H36N6/c1-5-15-40(16-6-1)55(41-17-7-2-8-18-41)45-27-29-49-47(32-45)48-33-46(56(42-19-9-3-10-20-42)43-21-11-4-12-22-43)28-30-50(48)57(49)44-25-23-37(24-26-44)39-35-53-51(54-36-39)38-14-13-31-52-34-38/h1-36H. The topological polar surface area (TPSA) is 50.1 Å². The Kier molecular flexibility index (Phi) is 8.74. The van der Waals surface area contributed by atoms with Crippen LogP contribution >= 0.6 is 0 Å². The number of pyridine rings is 1. The molecule has 0 spiro atoms. The van der Waals surface area contributed by atoms with Gasteiger partial charge in [0.25, 0.3) is 0 Å². The van der Waals surface area contributed by atoms with Crippen molar-refractivity contribution in [2.24, 2.45) is 0 Å². The Morgan fingerprint density at radius 3 is 1.23 bits per heavy atom. The molecule has 3 heterocycles. The number of anilines is 6. The zero-order valence-corrected chi connectivity index (χ0v) is 31.0. The number of nitrogens with zero attached hydrogens (tertiary/aromatic N) is 6. The van der Waals surface area contributed by atoms with E-state index in [4.69, 9.17) is 0 Å². The molecule has 0 aliphatic rings. The largest absolute Gasteiger partial charge is 0.310 e. The van der Waals surface area contributed by atoms with E-state index < -0.39 is 0 Å². The molecule has 0 atom stereocenters. The Morgan fingerprint density at radius 2 is 0.807 bits per heavy atom. The first-order valence-corrected chi connectivity index (χ1v) is 19.0. The van der Waals surface area contributed by atoms with Gasteiger partial charge in [-0.05, 0) is 115 Å². The molecule has 0 saturated carbocycles. The van der Waals surface area contributed by atoms with Crippen molar-refractivity contribution in [2.75, 3.05) is 9.80 Å². The zero-order valence-electron chi connectivity index (χ0n) is 31.0. The molecule has 0 N–H and O–H groups in total. The number of para-hydroxylation sites is 4. The van der Waals surface area contributed by atoms with Crippen LogP contribution in [0.25, 0.3) is 50.0 Å². The quantitative estimate of drug-likeness (QED) is 0.148. The third kappa shape index (κ3) is 6.45. The predicted molar refractivity (Wildman–Crippen MR) is 234 cm³/mol. The van der Waals surface area contributed by atoms with Gasteiger partial charge in [0, 0.05) is 86.5 Å². The molecule has 0 fully saturated rings. The van der Waals surface area contributed by atoms with Gasteiger partial charge in [-0.1, -0.05) is 84.9 Å². The van der Waals surface area contributed by atoms with Crippen molar-refractivity contribution in [1.29, 1.82) is 0 Å². The third-order valence-electron chi connectivity index (χ3n) is 10.3. The van der Waals surface area contributed by atoms with Crippen LogP contribution in [0.4, 0.5) is 34.1 Å². The second-order valence-corrected chi connectivity index (χ2v) is 13.8. The van der Waals surface area contributed by atoms with Crippen LogP contribution in [0, 0.1) is 0 Å². The van der Waals surface area contributed by atoms with E-state index in [9.17, 15) is 0 Å². The summed E-state index contributed by atoms with van der Waals surface area (Å²) in [6.45, 7) is 0. The van der Waals surface area contributed by atoms with E-state index in [-0.39, 0.29) is 0 Å². The SMILES string of the molecule is c1ccc(N(c2ccccc2)c2ccc3c(c2)c2cc(N(c4ccccc4)c4ccccc4)ccc2n3-c2ccc(-c3cnc(-c4cccnc4)nc3)cc2)cc1. The summed E-state index contributed by atoms with van der Waals surface area (Å²) in [4.78, 5) is 18.2. The second kappa shape index (κ2) is 14.8. The minimum absolute atomic E-state index is 0.656. The lowest BCUT2D eigenvalue weighted by atomic mass is 10.1. The van der Waals surface area contributed by atoms with Crippen LogP contribution in [0.1, 0.15) is 0 Å². The summed E-state index contributed by atoms with van der Waals surface area (Å²) in [6, 6.07) is 68.5. The maximum Gasteiger partial charge on any atom is 0.160 e. The molecule has 10 aromatic rings. The summed E-state index contributed by atoms with van der Waals surface area (Å²) < 4.78 is 2.37. The molecule has 0 amide bonds. The van der Waals surface area contributed by atoms with Gasteiger partial charge in [0.2, 0.25) is 0 Å². The fraction of sp³-hybridized carbons (Fsp3) is 0. The van der Waals surface area contributed by atoms with Crippen LogP contribution in [0.2, 0.25) is 0 Å². The summed E-state index contributed by atoms with van der Waals surface area (Å²) >= 11 is 0. The molecule has 57 heavy (non-hydrogen) atoms. The predicted octanol–water partition coefficient (Wildman–Crippen LogP) is 13.2.